The van der Waals surface area contributed by atoms with Gasteiger partial charge in [-0.05, 0) is 31.0 Å². The molecular formula is C15H21BrN2O. The minimum Gasteiger partial charge on any atom is -0.335 e. The van der Waals surface area contributed by atoms with Gasteiger partial charge in [0.25, 0.3) is 0 Å². The zero-order valence-corrected chi connectivity index (χ0v) is 13.3. The standard InChI is InChI=1S/C15H21BrN2O/c1-10(2)17-14-8-9-18(15(14)19)11(3)12-4-6-13(16)7-5-12/h4-7,10-11,14,17H,8-9H2,1-3H3. The second kappa shape index (κ2) is 6.06. The Balaban J connectivity index is 2.06. The minimum absolute atomic E-state index is 0.0158. The first-order chi connectivity index (χ1) is 8.99. The fourth-order valence-electron chi connectivity index (χ4n) is 2.56. The minimum atomic E-state index is -0.0158. The summed E-state index contributed by atoms with van der Waals surface area (Å²) >= 11 is 3.44. The summed E-state index contributed by atoms with van der Waals surface area (Å²) in [6.45, 7) is 7.08. The summed E-state index contributed by atoms with van der Waals surface area (Å²) in [5.41, 5.74) is 1.18. The number of hydrogen-bond acceptors (Lipinski definition) is 2. The molecule has 0 bridgehead atoms. The maximum atomic E-state index is 12.4. The van der Waals surface area contributed by atoms with Gasteiger partial charge in [-0.15, -0.1) is 0 Å². The van der Waals surface area contributed by atoms with Crippen LogP contribution in [0.5, 0.6) is 0 Å². The van der Waals surface area contributed by atoms with E-state index >= 15 is 0 Å². The number of nitrogens with one attached hydrogen (secondary N) is 1. The van der Waals surface area contributed by atoms with Gasteiger partial charge in [0.2, 0.25) is 5.91 Å². The molecule has 1 saturated heterocycles. The van der Waals surface area contributed by atoms with Crippen molar-refractivity contribution in [3.8, 4) is 0 Å². The molecule has 0 spiro atoms. The Morgan fingerprint density at radius 2 is 1.89 bits per heavy atom. The van der Waals surface area contributed by atoms with E-state index in [1.807, 2.05) is 17.0 Å². The Hall–Kier alpha value is -0.870. The van der Waals surface area contributed by atoms with E-state index < -0.39 is 0 Å². The fourth-order valence-corrected chi connectivity index (χ4v) is 2.83. The molecule has 3 nitrogen and oxygen atoms in total. The van der Waals surface area contributed by atoms with Crippen LogP contribution in [-0.4, -0.2) is 29.4 Å². The zero-order chi connectivity index (χ0) is 14.0. The Morgan fingerprint density at radius 1 is 1.26 bits per heavy atom. The molecular weight excluding hydrogens is 304 g/mol. The lowest BCUT2D eigenvalue weighted by Gasteiger charge is -2.25. The van der Waals surface area contributed by atoms with Crippen molar-refractivity contribution < 1.29 is 4.79 Å². The van der Waals surface area contributed by atoms with Crippen LogP contribution >= 0.6 is 15.9 Å². The van der Waals surface area contributed by atoms with Gasteiger partial charge in [-0.25, -0.2) is 0 Å². The highest BCUT2D eigenvalue weighted by Crippen LogP contribution is 2.26. The van der Waals surface area contributed by atoms with E-state index in [1.54, 1.807) is 0 Å². The summed E-state index contributed by atoms with van der Waals surface area (Å²) in [4.78, 5) is 14.4. The third-order valence-corrected chi connectivity index (χ3v) is 4.12. The number of nitrogens with zero attached hydrogens (tertiary/aromatic N) is 1. The molecule has 1 aliphatic rings. The van der Waals surface area contributed by atoms with E-state index in [9.17, 15) is 4.79 Å². The van der Waals surface area contributed by atoms with Crippen LogP contribution in [0.2, 0.25) is 0 Å². The van der Waals surface area contributed by atoms with Gasteiger partial charge in [-0.3, -0.25) is 4.79 Å². The molecule has 1 heterocycles. The van der Waals surface area contributed by atoms with Crippen molar-refractivity contribution in [1.82, 2.24) is 10.2 Å². The van der Waals surface area contributed by atoms with Crippen LogP contribution in [0.25, 0.3) is 0 Å². The van der Waals surface area contributed by atoms with Gasteiger partial charge >= 0.3 is 0 Å². The molecule has 1 aliphatic heterocycles. The number of hydrogen-bond donors (Lipinski definition) is 1. The number of rotatable bonds is 4. The van der Waals surface area contributed by atoms with Crippen LogP contribution < -0.4 is 5.32 Å². The Bertz CT molecular complexity index is 444. The highest BCUT2D eigenvalue weighted by Gasteiger charge is 2.34. The van der Waals surface area contributed by atoms with Crippen LogP contribution in [0, 0.1) is 0 Å². The van der Waals surface area contributed by atoms with Gasteiger partial charge in [-0.2, -0.15) is 0 Å². The summed E-state index contributed by atoms with van der Waals surface area (Å²) in [5.74, 6) is 0.226. The summed E-state index contributed by atoms with van der Waals surface area (Å²) in [7, 11) is 0. The van der Waals surface area contributed by atoms with E-state index in [0.717, 1.165) is 17.4 Å². The molecule has 1 amide bonds. The molecule has 19 heavy (non-hydrogen) atoms. The van der Waals surface area contributed by atoms with Crippen LogP contribution in [0.4, 0.5) is 0 Å². The number of likely N-dealkylation sites (tertiary alicyclic amines) is 1. The monoisotopic (exact) mass is 324 g/mol. The lowest BCUT2D eigenvalue weighted by Crippen LogP contribution is -2.42. The SMILES string of the molecule is CC(C)NC1CCN(C(C)c2ccc(Br)cc2)C1=O. The third kappa shape index (κ3) is 3.37. The average Bonchev–Trinajstić information content (AvgIpc) is 2.70. The first-order valence-corrected chi connectivity index (χ1v) is 7.60. The molecule has 0 saturated carbocycles. The molecule has 104 valence electrons. The lowest BCUT2D eigenvalue weighted by atomic mass is 10.1. The van der Waals surface area contributed by atoms with Crippen molar-refractivity contribution in [3.63, 3.8) is 0 Å². The topological polar surface area (TPSA) is 32.3 Å². The maximum Gasteiger partial charge on any atom is 0.240 e. The van der Waals surface area contributed by atoms with Crippen molar-refractivity contribution >= 4 is 21.8 Å². The van der Waals surface area contributed by atoms with E-state index in [2.05, 4.69) is 54.2 Å². The van der Waals surface area contributed by atoms with Gasteiger partial charge in [0, 0.05) is 17.1 Å². The molecule has 1 aromatic carbocycles. The number of amides is 1. The second-order valence-corrected chi connectivity index (χ2v) is 6.34. The highest BCUT2D eigenvalue weighted by atomic mass is 79.9. The predicted molar refractivity (Wildman–Crippen MR) is 80.9 cm³/mol. The first kappa shape index (κ1) is 14.5. The number of carbonyl (C=O) groups excluding carboxylic acids is 1. The fraction of sp³-hybridized carbons (Fsp3) is 0.533. The Morgan fingerprint density at radius 3 is 2.47 bits per heavy atom. The van der Waals surface area contributed by atoms with E-state index in [4.69, 9.17) is 0 Å². The summed E-state index contributed by atoms with van der Waals surface area (Å²) in [6.07, 6.45) is 0.901. The molecule has 1 aromatic rings. The van der Waals surface area contributed by atoms with Gasteiger partial charge in [0.1, 0.15) is 0 Å². The molecule has 0 radical (unpaired) electrons. The molecule has 4 heteroatoms. The number of benzene rings is 1. The van der Waals surface area contributed by atoms with Gasteiger partial charge < -0.3 is 10.2 Å². The van der Waals surface area contributed by atoms with E-state index in [1.165, 1.54) is 5.56 Å². The Kier molecular flexibility index (Phi) is 4.63. The van der Waals surface area contributed by atoms with Crippen LogP contribution in [0.15, 0.2) is 28.7 Å². The molecule has 2 rings (SSSR count). The zero-order valence-electron chi connectivity index (χ0n) is 11.7. The predicted octanol–water partition coefficient (Wildman–Crippen LogP) is 3.11. The number of carbonyl (C=O) groups is 1. The third-order valence-electron chi connectivity index (χ3n) is 3.59. The lowest BCUT2D eigenvalue weighted by molar-refractivity contribution is -0.131. The van der Waals surface area contributed by atoms with Crippen molar-refractivity contribution in [3.05, 3.63) is 34.3 Å². The van der Waals surface area contributed by atoms with Crippen LogP contribution in [-0.2, 0) is 4.79 Å². The first-order valence-electron chi connectivity index (χ1n) is 6.81. The summed E-state index contributed by atoms with van der Waals surface area (Å²) in [6, 6.07) is 8.66. The molecule has 2 atom stereocenters. The van der Waals surface area contributed by atoms with Crippen molar-refractivity contribution in [2.75, 3.05) is 6.54 Å². The van der Waals surface area contributed by atoms with Crippen molar-refractivity contribution in [1.29, 1.82) is 0 Å². The summed E-state index contributed by atoms with van der Waals surface area (Å²) < 4.78 is 1.07. The van der Waals surface area contributed by atoms with E-state index in [0.29, 0.717) is 6.04 Å². The molecule has 1 fully saturated rings. The highest BCUT2D eigenvalue weighted by molar-refractivity contribution is 9.10. The molecule has 2 unspecified atom stereocenters. The van der Waals surface area contributed by atoms with Gasteiger partial charge in [0.05, 0.1) is 12.1 Å². The smallest absolute Gasteiger partial charge is 0.240 e. The molecule has 0 aromatic heterocycles. The number of halogens is 1. The van der Waals surface area contributed by atoms with Crippen molar-refractivity contribution in [2.45, 2.75) is 45.3 Å². The second-order valence-electron chi connectivity index (χ2n) is 5.42. The summed E-state index contributed by atoms with van der Waals surface area (Å²) in [5, 5.41) is 3.34. The van der Waals surface area contributed by atoms with Gasteiger partial charge in [0.15, 0.2) is 0 Å². The van der Waals surface area contributed by atoms with Crippen LogP contribution in [0.3, 0.4) is 0 Å². The maximum absolute atomic E-state index is 12.4. The molecule has 1 N–H and O–H groups in total. The molecule has 0 aliphatic carbocycles. The normalized spacial score (nSPS) is 21.2. The van der Waals surface area contributed by atoms with Crippen LogP contribution in [0.1, 0.15) is 38.8 Å². The van der Waals surface area contributed by atoms with Gasteiger partial charge in [-0.1, -0.05) is 41.9 Å². The average molecular weight is 325 g/mol. The van der Waals surface area contributed by atoms with E-state index in [-0.39, 0.29) is 18.0 Å². The van der Waals surface area contributed by atoms with Crippen molar-refractivity contribution in [2.24, 2.45) is 0 Å². The Labute approximate surface area is 123 Å². The largest absolute Gasteiger partial charge is 0.335 e. The quantitative estimate of drug-likeness (QED) is 0.922.